The summed E-state index contributed by atoms with van der Waals surface area (Å²) in [5, 5.41) is 0. The Kier molecular flexibility index (Phi) is 3.44. The van der Waals surface area contributed by atoms with E-state index in [4.69, 9.17) is 4.74 Å². The fourth-order valence-electron chi connectivity index (χ4n) is 2.48. The highest BCUT2D eigenvalue weighted by atomic mass is 16.5. The van der Waals surface area contributed by atoms with Gasteiger partial charge in [0.05, 0.1) is 12.6 Å². The highest BCUT2D eigenvalue weighted by molar-refractivity contribution is 5.98. The van der Waals surface area contributed by atoms with Gasteiger partial charge in [-0.05, 0) is 25.3 Å². The first-order valence-electron chi connectivity index (χ1n) is 5.99. The monoisotopic (exact) mass is 221 g/mol. The van der Waals surface area contributed by atoms with Crippen LogP contribution in [0.15, 0.2) is 12.3 Å². The molecule has 0 aromatic carbocycles. The van der Waals surface area contributed by atoms with Crippen molar-refractivity contribution in [3.05, 3.63) is 23.5 Å². The fraction of sp³-hybridized carbons (Fsp3) is 0.615. The summed E-state index contributed by atoms with van der Waals surface area (Å²) in [7, 11) is 1.73. The molecule has 1 aromatic heterocycles. The van der Waals surface area contributed by atoms with E-state index in [1.807, 2.05) is 12.3 Å². The molecule has 1 aromatic rings. The van der Waals surface area contributed by atoms with Gasteiger partial charge in [0.15, 0.2) is 5.78 Å². The third kappa shape index (κ3) is 1.92. The average molecular weight is 221 g/mol. The standard InChI is InChI=1S/C13H19NO2/c1-3-10(9-16-2)14-8-7-11-12(14)5-4-6-13(11)15/h7-8,10H,3-6,9H2,1-2H3. The molecule has 16 heavy (non-hydrogen) atoms. The van der Waals surface area contributed by atoms with Gasteiger partial charge in [0, 0.05) is 31.0 Å². The van der Waals surface area contributed by atoms with Crippen molar-refractivity contribution in [1.29, 1.82) is 0 Å². The number of aromatic nitrogens is 1. The van der Waals surface area contributed by atoms with Crippen LogP contribution >= 0.6 is 0 Å². The Balaban J connectivity index is 2.31. The number of carbonyl (C=O) groups excluding carboxylic acids is 1. The molecule has 0 N–H and O–H groups in total. The quantitative estimate of drug-likeness (QED) is 0.782. The number of ketones is 1. The van der Waals surface area contributed by atoms with Gasteiger partial charge >= 0.3 is 0 Å². The van der Waals surface area contributed by atoms with Crippen LogP contribution in [-0.2, 0) is 11.2 Å². The van der Waals surface area contributed by atoms with Crippen molar-refractivity contribution >= 4 is 5.78 Å². The van der Waals surface area contributed by atoms with Gasteiger partial charge in [-0.3, -0.25) is 4.79 Å². The number of fused-ring (bicyclic) bond motifs is 1. The first-order valence-corrected chi connectivity index (χ1v) is 5.99. The third-order valence-corrected chi connectivity index (χ3v) is 3.37. The van der Waals surface area contributed by atoms with Gasteiger partial charge in [0.1, 0.15) is 0 Å². The summed E-state index contributed by atoms with van der Waals surface area (Å²) in [4.78, 5) is 11.7. The van der Waals surface area contributed by atoms with E-state index >= 15 is 0 Å². The molecule has 0 saturated heterocycles. The van der Waals surface area contributed by atoms with Crippen LogP contribution in [-0.4, -0.2) is 24.1 Å². The molecular weight excluding hydrogens is 202 g/mol. The van der Waals surface area contributed by atoms with Crippen LogP contribution < -0.4 is 0 Å². The summed E-state index contributed by atoms with van der Waals surface area (Å²) in [6.07, 6.45) is 5.79. The molecule has 0 bridgehead atoms. The topological polar surface area (TPSA) is 31.2 Å². The lowest BCUT2D eigenvalue weighted by molar-refractivity contribution is 0.0970. The fourth-order valence-corrected chi connectivity index (χ4v) is 2.48. The van der Waals surface area contributed by atoms with E-state index in [9.17, 15) is 4.79 Å². The second kappa shape index (κ2) is 4.83. The number of methoxy groups -OCH3 is 1. The van der Waals surface area contributed by atoms with Crippen LogP contribution in [0.1, 0.15) is 48.3 Å². The van der Waals surface area contributed by atoms with Crippen molar-refractivity contribution in [3.63, 3.8) is 0 Å². The van der Waals surface area contributed by atoms with Gasteiger partial charge in [0.2, 0.25) is 0 Å². The lowest BCUT2D eigenvalue weighted by atomic mass is 9.96. The van der Waals surface area contributed by atoms with Crippen LogP contribution in [0.4, 0.5) is 0 Å². The van der Waals surface area contributed by atoms with E-state index in [-0.39, 0.29) is 0 Å². The van der Waals surface area contributed by atoms with Crippen LogP contribution in [0.2, 0.25) is 0 Å². The van der Waals surface area contributed by atoms with Crippen LogP contribution in [0.5, 0.6) is 0 Å². The highest BCUT2D eigenvalue weighted by Crippen LogP contribution is 2.26. The number of Topliss-reactive ketones (excluding diaryl/α,β-unsaturated/α-hetero) is 1. The molecule has 88 valence electrons. The molecule has 0 radical (unpaired) electrons. The number of carbonyl (C=O) groups is 1. The van der Waals surface area contributed by atoms with Crippen molar-refractivity contribution < 1.29 is 9.53 Å². The summed E-state index contributed by atoms with van der Waals surface area (Å²) in [6.45, 7) is 2.87. The molecule has 1 unspecified atom stereocenters. The number of rotatable bonds is 4. The smallest absolute Gasteiger partial charge is 0.164 e. The minimum Gasteiger partial charge on any atom is -0.383 e. The summed E-state index contributed by atoms with van der Waals surface area (Å²) in [5.41, 5.74) is 2.14. The summed E-state index contributed by atoms with van der Waals surface area (Å²) in [6, 6.07) is 2.33. The zero-order chi connectivity index (χ0) is 11.5. The Morgan fingerprint density at radius 1 is 1.50 bits per heavy atom. The normalized spacial score (nSPS) is 17.2. The van der Waals surface area contributed by atoms with E-state index in [2.05, 4.69) is 11.5 Å². The molecule has 2 rings (SSSR count). The molecule has 0 spiro atoms. The summed E-state index contributed by atoms with van der Waals surface area (Å²) in [5.74, 6) is 0.298. The minimum absolute atomic E-state index is 0.298. The largest absolute Gasteiger partial charge is 0.383 e. The van der Waals surface area contributed by atoms with Crippen molar-refractivity contribution in [1.82, 2.24) is 4.57 Å². The van der Waals surface area contributed by atoms with Gasteiger partial charge in [-0.2, -0.15) is 0 Å². The predicted molar refractivity (Wildman–Crippen MR) is 62.9 cm³/mol. The number of hydrogen-bond donors (Lipinski definition) is 0. The zero-order valence-electron chi connectivity index (χ0n) is 10.0. The summed E-state index contributed by atoms with van der Waals surface area (Å²) < 4.78 is 7.46. The average Bonchev–Trinajstić information content (AvgIpc) is 2.71. The Hall–Kier alpha value is -1.09. The lowest BCUT2D eigenvalue weighted by Crippen LogP contribution is -2.19. The molecule has 1 heterocycles. The number of hydrogen-bond acceptors (Lipinski definition) is 2. The molecule has 1 aliphatic carbocycles. The van der Waals surface area contributed by atoms with Crippen LogP contribution in [0.3, 0.4) is 0 Å². The first kappa shape index (κ1) is 11.4. The van der Waals surface area contributed by atoms with Gasteiger partial charge < -0.3 is 9.30 Å². The molecule has 0 saturated carbocycles. The van der Waals surface area contributed by atoms with E-state index in [1.54, 1.807) is 7.11 Å². The molecule has 0 aliphatic heterocycles. The van der Waals surface area contributed by atoms with Crippen molar-refractivity contribution in [2.24, 2.45) is 0 Å². The Morgan fingerprint density at radius 3 is 3.00 bits per heavy atom. The highest BCUT2D eigenvalue weighted by Gasteiger charge is 2.22. The van der Waals surface area contributed by atoms with Gasteiger partial charge in [-0.25, -0.2) is 0 Å². The van der Waals surface area contributed by atoms with E-state index in [1.165, 1.54) is 5.69 Å². The van der Waals surface area contributed by atoms with E-state index in [0.717, 1.165) is 24.8 Å². The maximum absolute atomic E-state index is 11.7. The van der Waals surface area contributed by atoms with Gasteiger partial charge in [0.25, 0.3) is 0 Å². The maximum Gasteiger partial charge on any atom is 0.164 e. The SMILES string of the molecule is CCC(COC)n1ccc2c1CCCC2=O. The molecule has 1 aliphatic rings. The van der Waals surface area contributed by atoms with Crippen molar-refractivity contribution in [2.75, 3.05) is 13.7 Å². The molecular formula is C13H19NO2. The van der Waals surface area contributed by atoms with Gasteiger partial charge in [-0.1, -0.05) is 6.92 Å². The first-order chi connectivity index (χ1) is 7.77. The summed E-state index contributed by atoms with van der Waals surface area (Å²) >= 11 is 0. The maximum atomic E-state index is 11.7. The molecule has 0 amide bonds. The zero-order valence-corrected chi connectivity index (χ0v) is 10.0. The van der Waals surface area contributed by atoms with Crippen molar-refractivity contribution in [2.45, 2.75) is 38.6 Å². The van der Waals surface area contributed by atoms with E-state index < -0.39 is 0 Å². The third-order valence-electron chi connectivity index (χ3n) is 3.37. The minimum atomic E-state index is 0.298. The second-order valence-electron chi connectivity index (χ2n) is 4.38. The second-order valence-corrected chi connectivity index (χ2v) is 4.38. The number of nitrogens with zero attached hydrogens (tertiary/aromatic N) is 1. The molecule has 3 nitrogen and oxygen atoms in total. The molecule has 3 heteroatoms. The van der Waals surface area contributed by atoms with Crippen LogP contribution in [0, 0.1) is 0 Å². The lowest BCUT2D eigenvalue weighted by Gasteiger charge is -2.22. The van der Waals surface area contributed by atoms with Crippen molar-refractivity contribution in [3.8, 4) is 0 Å². The van der Waals surface area contributed by atoms with E-state index in [0.29, 0.717) is 24.9 Å². The number of ether oxygens (including phenoxy) is 1. The molecule has 1 atom stereocenters. The molecule has 0 fully saturated rings. The predicted octanol–water partition coefficient (Wildman–Crippen LogP) is 2.60. The van der Waals surface area contributed by atoms with Crippen LogP contribution in [0.25, 0.3) is 0 Å². The Bertz CT molecular complexity index is 381. The Morgan fingerprint density at radius 2 is 2.31 bits per heavy atom. The Labute approximate surface area is 96.4 Å². The van der Waals surface area contributed by atoms with Gasteiger partial charge in [-0.15, -0.1) is 0 Å².